The van der Waals surface area contributed by atoms with Gasteiger partial charge in [0.2, 0.25) is 0 Å². The molecule has 106 valence electrons. The van der Waals surface area contributed by atoms with Gasteiger partial charge < -0.3 is 5.32 Å². The fraction of sp³-hybridized carbons (Fsp3) is 0.389. The Labute approximate surface area is 122 Å². The van der Waals surface area contributed by atoms with Crippen LogP contribution in [0.2, 0.25) is 0 Å². The SMILES string of the molecule is CCNC(Cc1ccc(C(C)C)cc1)c1cccnc1. The van der Waals surface area contributed by atoms with Gasteiger partial charge in [-0.2, -0.15) is 0 Å². The zero-order chi connectivity index (χ0) is 14.4. The van der Waals surface area contributed by atoms with Crippen molar-refractivity contribution in [2.24, 2.45) is 0 Å². The highest BCUT2D eigenvalue weighted by atomic mass is 14.9. The number of pyridine rings is 1. The topological polar surface area (TPSA) is 24.9 Å². The molecular weight excluding hydrogens is 244 g/mol. The van der Waals surface area contributed by atoms with Gasteiger partial charge in [-0.25, -0.2) is 0 Å². The van der Waals surface area contributed by atoms with E-state index >= 15 is 0 Å². The predicted molar refractivity (Wildman–Crippen MR) is 84.9 cm³/mol. The molecule has 1 unspecified atom stereocenters. The Morgan fingerprint density at radius 1 is 1.05 bits per heavy atom. The van der Waals surface area contributed by atoms with Gasteiger partial charge in [0.1, 0.15) is 0 Å². The minimum atomic E-state index is 0.332. The van der Waals surface area contributed by atoms with E-state index in [-0.39, 0.29) is 0 Å². The molecule has 0 radical (unpaired) electrons. The van der Waals surface area contributed by atoms with Crippen molar-refractivity contribution in [1.82, 2.24) is 10.3 Å². The molecule has 1 N–H and O–H groups in total. The molecule has 0 aliphatic carbocycles. The van der Waals surface area contributed by atoms with Gasteiger partial charge in [0, 0.05) is 18.4 Å². The summed E-state index contributed by atoms with van der Waals surface area (Å²) in [4.78, 5) is 4.23. The molecule has 20 heavy (non-hydrogen) atoms. The molecule has 0 spiro atoms. The fourth-order valence-corrected chi connectivity index (χ4v) is 2.41. The van der Waals surface area contributed by atoms with Gasteiger partial charge in [-0.3, -0.25) is 4.98 Å². The van der Waals surface area contributed by atoms with Crippen molar-refractivity contribution in [3.05, 3.63) is 65.5 Å². The number of rotatable bonds is 6. The monoisotopic (exact) mass is 268 g/mol. The Balaban J connectivity index is 2.12. The van der Waals surface area contributed by atoms with E-state index in [2.05, 4.69) is 61.4 Å². The van der Waals surface area contributed by atoms with Crippen molar-refractivity contribution in [2.45, 2.75) is 39.2 Å². The highest BCUT2D eigenvalue weighted by Gasteiger charge is 2.11. The van der Waals surface area contributed by atoms with Crippen LogP contribution >= 0.6 is 0 Å². The number of nitrogens with one attached hydrogen (secondary N) is 1. The second kappa shape index (κ2) is 7.20. The summed E-state index contributed by atoms with van der Waals surface area (Å²) in [7, 11) is 0. The van der Waals surface area contributed by atoms with Crippen LogP contribution in [0.4, 0.5) is 0 Å². The molecule has 0 saturated carbocycles. The summed E-state index contributed by atoms with van der Waals surface area (Å²) in [5.74, 6) is 0.590. The zero-order valence-electron chi connectivity index (χ0n) is 12.6. The lowest BCUT2D eigenvalue weighted by atomic mass is 9.97. The molecule has 2 nitrogen and oxygen atoms in total. The van der Waals surface area contributed by atoms with Gasteiger partial charge in [0.15, 0.2) is 0 Å². The van der Waals surface area contributed by atoms with E-state index in [1.165, 1.54) is 16.7 Å². The Morgan fingerprint density at radius 2 is 1.80 bits per heavy atom. The lowest BCUT2D eigenvalue weighted by Crippen LogP contribution is -2.23. The number of hydrogen-bond donors (Lipinski definition) is 1. The van der Waals surface area contributed by atoms with Crippen molar-refractivity contribution in [3.8, 4) is 0 Å². The molecule has 0 saturated heterocycles. The Kier molecular flexibility index (Phi) is 5.31. The molecule has 0 aliphatic rings. The highest BCUT2D eigenvalue weighted by molar-refractivity contribution is 5.27. The largest absolute Gasteiger partial charge is 0.310 e. The van der Waals surface area contributed by atoms with E-state index in [0.717, 1.165) is 13.0 Å². The third-order valence-electron chi connectivity index (χ3n) is 3.62. The van der Waals surface area contributed by atoms with Crippen LogP contribution in [0.25, 0.3) is 0 Å². The summed E-state index contributed by atoms with van der Waals surface area (Å²) in [6.07, 6.45) is 4.78. The molecule has 1 heterocycles. The summed E-state index contributed by atoms with van der Waals surface area (Å²) in [6.45, 7) is 7.56. The van der Waals surface area contributed by atoms with Crippen LogP contribution in [0.5, 0.6) is 0 Å². The van der Waals surface area contributed by atoms with E-state index in [0.29, 0.717) is 12.0 Å². The lowest BCUT2D eigenvalue weighted by Gasteiger charge is -2.18. The summed E-state index contributed by atoms with van der Waals surface area (Å²) in [5.41, 5.74) is 4.02. The maximum Gasteiger partial charge on any atom is 0.0376 e. The second-order valence-corrected chi connectivity index (χ2v) is 5.50. The Bertz CT molecular complexity index is 503. The molecule has 1 aromatic heterocycles. The zero-order valence-corrected chi connectivity index (χ0v) is 12.6. The van der Waals surface area contributed by atoms with E-state index in [4.69, 9.17) is 0 Å². The van der Waals surface area contributed by atoms with Crippen molar-refractivity contribution in [3.63, 3.8) is 0 Å². The van der Waals surface area contributed by atoms with Crippen LogP contribution < -0.4 is 5.32 Å². The van der Waals surface area contributed by atoms with Gasteiger partial charge in [-0.1, -0.05) is 51.1 Å². The standard InChI is InChI=1S/C18H24N2/c1-4-20-18(17-6-5-11-19-13-17)12-15-7-9-16(10-8-15)14(2)3/h5-11,13-14,18,20H,4,12H2,1-3H3. The summed E-state index contributed by atoms with van der Waals surface area (Å²) < 4.78 is 0. The van der Waals surface area contributed by atoms with Crippen LogP contribution in [0.1, 0.15) is 49.4 Å². The average Bonchev–Trinajstić information content (AvgIpc) is 2.48. The van der Waals surface area contributed by atoms with Crippen LogP contribution in [-0.2, 0) is 6.42 Å². The van der Waals surface area contributed by atoms with Gasteiger partial charge >= 0.3 is 0 Å². The number of hydrogen-bond acceptors (Lipinski definition) is 2. The summed E-state index contributed by atoms with van der Waals surface area (Å²) in [5, 5.41) is 3.54. The molecule has 0 amide bonds. The first kappa shape index (κ1) is 14.7. The van der Waals surface area contributed by atoms with Crippen molar-refractivity contribution in [1.29, 1.82) is 0 Å². The quantitative estimate of drug-likeness (QED) is 0.853. The first-order chi connectivity index (χ1) is 9.70. The lowest BCUT2D eigenvalue weighted by molar-refractivity contribution is 0.548. The van der Waals surface area contributed by atoms with Crippen LogP contribution in [0, 0.1) is 0 Å². The molecule has 0 aliphatic heterocycles. The third-order valence-corrected chi connectivity index (χ3v) is 3.62. The second-order valence-electron chi connectivity index (χ2n) is 5.50. The maximum atomic E-state index is 4.23. The molecular formula is C18H24N2. The van der Waals surface area contributed by atoms with Gasteiger partial charge in [0.05, 0.1) is 0 Å². The molecule has 1 atom stereocenters. The number of nitrogens with zero attached hydrogens (tertiary/aromatic N) is 1. The fourth-order valence-electron chi connectivity index (χ4n) is 2.41. The molecule has 0 fully saturated rings. The minimum absolute atomic E-state index is 0.332. The Morgan fingerprint density at radius 3 is 2.35 bits per heavy atom. The minimum Gasteiger partial charge on any atom is -0.310 e. The van der Waals surface area contributed by atoms with Crippen molar-refractivity contribution < 1.29 is 0 Å². The normalized spacial score (nSPS) is 12.6. The van der Waals surface area contributed by atoms with E-state index in [1.807, 2.05) is 18.5 Å². The number of aromatic nitrogens is 1. The molecule has 2 heteroatoms. The molecule has 1 aromatic carbocycles. The highest BCUT2D eigenvalue weighted by Crippen LogP contribution is 2.20. The van der Waals surface area contributed by atoms with E-state index in [9.17, 15) is 0 Å². The summed E-state index contributed by atoms with van der Waals surface area (Å²) >= 11 is 0. The smallest absolute Gasteiger partial charge is 0.0376 e. The first-order valence-electron chi connectivity index (χ1n) is 7.42. The third kappa shape index (κ3) is 3.91. The van der Waals surface area contributed by atoms with Crippen LogP contribution in [-0.4, -0.2) is 11.5 Å². The van der Waals surface area contributed by atoms with E-state index < -0.39 is 0 Å². The molecule has 0 bridgehead atoms. The van der Waals surface area contributed by atoms with Crippen molar-refractivity contribution >= 4 is 0 Å². The van der Waals surface area contributed by atoms with Crippen LogP contribution in [0.3, 0.4) is 0 Å². The Hall–Kier alpha value is -1.67. The van der Waals surface area contributed by atoms with Crippen molar-refractivity contribution in [2.75, 3.05) is 6.54 Å². The van der Waals surface area contributed by atoms with Gasteiger partial charge in [-0.15, -0.1) is 0 Å². The summed E-state index contributed by atoms with van der Waals surface area (Å²) in [6, 6.07) is 13.5. The first-order valence-corrected chi connectivity index (χ1v) is 7.42. The maximum absolute atomic E-state index is 4.23. The van der Waals surface area contributed by atoms with Gasteiger partial charge in [0.25, 0.3) is 0 Å². The predicted octanol–water partition coefficient (Wildman–Crippen LogP) is 4.10. The molecule has 2 rings (SSSR count). The van der Waals surface area contributed by atoms with E-state index in [1.54, 1.807) is 0 Å². The van der Waals surface area contributed by atoms with Crippen LogP contribution in [0.15, 0.2) is 48.8 Å². The number of likely N-dealkylation sites (N-methyl/N-ethyl adjacent to an activating group) is 1. The van der Waals surface area contributed by atoms with Gasteiger partial charge in [-0.05, 0) is 41.6 Å². The molecule has 2 aromatic rings. The number of benzene rings is 1. The average molecular weight is 268 g/mol.